The van der Waals surface area contributed by atoms with E-state index in [4.69, 9.17) is 4.74 Å². The molecule has 6 heteroatoms. The number of hydrogen-bond donors (Lipinski definition) is 1. The first kappa shape index (κ1) is 20.8. The maximum atomic E-state index is 12.7. The standard InChI is InChI=1S/C27H24N4O2/c32-27(23-8-6-21(7-9-23)20-4-2-1-3-5-20)28-24-12-10-22(11-13-24)25-14-15-26(30-29-25)31-16-18-33-19-17-31/h1-15H,16-19H2,(H,28,32). The molecule has 0 unspecified atom stereocenters. The Bertz CT molecular complexity index is 1200. The van der Waals surface area contributed by atoms with Gasteiger partial charge >= 0.3 is 0 Å². The first-order valence-electron chi connectivity index (χ1n) is 11.0. The topological polar surface area (TPSA) is 67.4 Å². The molecule has 164 valence electrons. The van der Waals surface area contributed by atoms with Crippen LogP contribution in [0.1, 0.15) is 10.4 Å². The fourth-order valence-corrected chi connectivity index (χ4v) is 3.81. The lowest BCUT2D eigenvalue weighted by atomic mass is 10.0. The van der Waals surface area contributed by atoms with Crippen molar-refractivity contribution in [3.05, 3.63) is 96.6 Å². The normalized spacial score (nSPS) is 13.5. The van der Waals surface area contributed by atoms with Gasteiger partial charge in [0.2, 0.25) is 0 Å². The number of hydrogen-bond acceptors (Lipinski definition) is 5. The fraction of sp³-hybridized carbons (Fsp3) is 0.148. The van der Waals surface area contributed by atoms with E-state index in [0.717, 1.165) is 47.0 Å². The third kappa shape index (κ3) is 4.91. The average molecular weight is 437 g/mol. The molecule has 1 aliphatic rings. The van der Waals surface area contributed by atoms with Crippen LogP contribution in [-0.2, 0) is 4.74 Å². The first-order valence-corrected chi connectivity index (χ1v) is 11.0. The van der Waals surface area contributed by atoms with Crippen LogP contribution in [0.2, 0.25) is 0 Å². The van der Waals surface area contributed by atoms with Gasteiger partial charge in [-0.3, -0.25) is 4.79 Å². The molecule has 0 radical (unpaired) electrons. The predicted octanol–water partition coefficient (Wildman–Crippen LogP) is 4.90. The van der Waals surface area contributed by atoms with Crippen molar-refractivity contribution in [2.75, 3.05) is 36.5 Å². The molecule has 0 bridgehead atoms. The Kier molecular flexibility index (Phi) is 6.08. The minimum Gasteiger partial charge on any atom is -0.378 e. The number of benzene rings is 3. The average Bonchev–Trinajstić information content (AvgIpc) is 2.90. The molecule has 0 aliphatic carbocycles. The number of nitrogens with one attached hydrogen (secondary N) is 1. The molecule has 33 heavy (non-hydrogen) atoms. The van der Waals surface area contributed by atoms with Gasteiger partial charge in [0.05, 0.1) is 18.9 Å². The highest BCUT2D eigenvalue weighted by Gasteiger charge is 2.13. The third-order valence-corrected chi connectivity index (χ3v) is 5.68. The Morgan fingerprint density at radius 2 is 1.39 bits per heavy atom. The molecule has 1 N–H and O–H groups in total. The summed E-state index contributed by atoms with van der Waals surface area (Å²) in [5.41, 5.74) is 5.29. The van der Waals surface area contributed by atoms with Crippen LogP contribution in [0.15, 0.2) is 91.0 Å². The Balaban J connectivity index is 1.23. The third-order valence-electron chi connectivity index (χ3n) is 5.68. The molecule has 1 aromatic heterocycles. The lowest BCUT2D eigenvalue weighted by Crippen LogP contribution is -2.36. The van der Waals surface area contributed by atoms with Gasteiger partial charge in [-0.1, -0.05) is 54.6 Å². The van der Waals surface area contributed by atoms with E-state index in [1.807, 2.05) is 78.9 Å². The number of ether oxygens (including phenoxy) is 1. The van der Waals surface area contributed by atoms with Crippen molar-refractivity contribution in [1.82, 2.24) is 10.2 Å². The van der Waals surface area contributed by atoms with Gasteiger partial charge in [-0.25, -0.2) is 0 Å². The number of rotatable bonds is 5. The molecular formula is C27H24N4O2. The second-order valence-corrected chi connectivity index (χ2v) is 7.85. The summed E-state index contributed by atoms with van der Waals surface area (Å²) in [6.07, 6.45) is 0. The molecule has 0 saturated carbocycles. The zero-order valence-electron chi connectivity index (χ0n) is 18.1. The van der Waals surface area contributed by atoms with Gasteiger partial charge in [0.1, 0.15) is 0 Å². The van der Waals surface area contributed by atoms with Crippen molar-refractivity contribution in [2.24, 2.45) is 0 Å². The molecule has 0 spiro atoms. The van der Waals surface area contributed by atoms with Crippen LogP contribution in [0.25, 0.3) is 22.4 Å². The molecule has 1 fully saturated rings. The van der Waals surface area contributed by atoms with Crippen molar-refractivity contribution in [3.63, 3.8) is 0 Å². The zero-order valence-corrected chi connectivity index (χ0v) is 18.1. The lowest BCUT2D eigenvalue weighted by Gasteiger charge is -2.27. The van der Waals surface area contributed by atoms with E-state index >= 15 is 0 Å². The summed E-state index contributed by atoms with van der Waals surface area (Å²) in [6, 6.07) is 29.3. The molecule has 1 amide bonds. The SMILES string of the molecule is O=C(Nc1ccc(-c2ccc(N3CCOCC3)nn2)cc1)c1ccc(-c2ccccc2)cc1. The molecule has 1 saturated heterocycles. The molecule has 1 aliphatic heterocycles. The van der Waals surface area contributed by atoms with Crippen LogP contribution in [0.5, 0.6) is 0 Å². The van der Waals surface area contributed by atoms with Gasteiger partial charge in [0.15, 0.2) is 5.82 Å². The molecule has 0 atom stereocenters. The molecule has 4 aromatic rings. The summed E-state index contributed by atoms with van der Waals surface area (Å²) in [5, 5.41) is 11.7. The van der Waals surface area contributed by atoms with Gasteiger partial charge in [-0.2, -0.15) is 0 Å². The van der Waals surface area contributed by atoms with Gasteiger partial charge < -0.3 is 15.0 Å². The smallest absolute Gasteiger partial charge is 0.255 e. The lowest BCUT2D eigenvalue weighted by molar-refractivity contribution is 0.102. The van der Waals surface area contributed by atoms with Crippen molar-refractivity contribution in [2.45, 2.75) is 0 Å². The highest BCUT2D eigenvalue weighted by molar-refractivity contribution is 6.04. The molecule has 3 aromatic carbocycles. The fourth-order valence-electron chi connectivity index (χ4n) is 3.81. The van der Waals surface area contributed by atoms with Gasteiger partial charge in [0.25, 0.3) is 5.91 Å². The van der Waals surface area contributed by atoms with Crippen molar-refractivity contribution in [3.8, 4) is 22.4 Å². The van der Waals surface area contributed by atoms with E-state index < -0.39 is 0 Å². The molecule has 6 nitrogen and oxygen atoms in total. The second kappa shape index (κ2) is 9.63. The van der Waals surface area contributed by atoms with Crippen LogP contribution in [-0.4, -0.2) is 42.4 Å². The van der Waals surface area contributed by atoms with E-state index in [1.165, 1.54) is 0 Å². The van der Waals surface area contributed by atoms with E-state index in [-0.39, 0.29) is 5.91 Å². The summed E-state index contributed by atoms with van der Waals surface area (Å²) >= 11 is 0. The minimum atomic E-state index is -0.142. The highest BCUT2D eigenvalue weighted by Crippen LogP contribution is 2.23. The van der Waals surface area contributed by atoms with E-state index in [1.54, 1.807) is 0 Å². The van der Waals surface area contributed by atoms with Gasteiger partial charge in [-0.05, 0) is 47.5 Å². The molecular weight excluding hydrogens is 412 g/mol. The van der Waals surface area contributed by atoms with E-state index in [0.29, 0.717) is 18.8 Å². The van der Waals surface area contributed by atoms with Crippen LogP contribution in [0.4, 0.5) is 11.5 Å². The van der Waals surface area contributed by atoms with Gasteiger partial charge in [-0.15, -0.1) is 10.2 Å². The number of carbonyl (C=O) groups excluding carboxylic acids is 1. The number of carbonyl (C=O) groups is 1. The Morgan fingerprint density at radius 1 is 0.727 bits per heavy atom. The largest absolute Gasteiger partial charge is 0.378 e. The summed E-state index contributed by atoms with van der Waals surface area (Å²) in [7, 11) is 0. The quantitative estimate of drug-likeness (QED) is 0.482. The Hall–Kier alpha value is -4.03. The highest BCUT2D eigenvalue weighted by atomic mass is 16.5. The summed E-state index contributed by atoms with van der Waals surface area (Å²) < 4.78 is 5.38. The van der Waals surface area contributed by atoms with Crippen molar-refractivity contribution < 1.29 is 9.53 Å². The first-order chi connectivity index (χ1) is 16.3. The van der Waals surface area contributed by atoms with E-state index in [9.17, 15) is 4.79 Å². The zero-order chi connectivity index (χ0) is 22.5. The number of amides is 1. The van der Waals surface area contributed by atoms with Crippen molar-refractivity contribution in [1.29, 1.82) is 0 Å². The number of anilines is 2. The molecule has 5 rings (SSSR count). The van der Waals surface area contributed by atoms with Crippen molar-refractivity contribution >= 4 is 17.4 Å². The summed E-state index contributed by atoms with van der Waals surface area (Å²) in [6.45, 7) is 3.09. The van der Waals surface area contributed by atoms with Crippen LogP contribution in [0.3, 0.4) is 0 Å². The number of morpholine rings is 1. The monoisotopic (exact) mass is 436 g/mol. The maximum absolute atomic E-state index is 12.7. The maximum Gasteiger partial charge on any atom is 0.255 e. The minimum absolute atomic E-state index is 0.142. The van der Waals surface area contributed by atoms with Crippen LogP contribution >= 0.6 is 0 Å². The van der Waals surface area contributed by atoms with Crippen LogP contribution in [0, 0.1) is 0 Å². The van der Waals surface area contributed by atoms with Crippen LogP contribution < -0.4 is 10.2 Å². The predicted molar refractivity (Wildman–Crippen MR) is 130 cm³/mol. The molecule has 2 heterocycles. The second-order valence-electron chi connectivity index (χ2n) is 7.85. The number of nitrogens with zero attached hydrogens (tertiary/aromatic N) is 3. The summed E-state index contributed by atoms with van der Waals surface area (Å²) in [4.78, 5) is 14.8. The Labute approximate surface area is 192 Å². The van der Waals surface area contributed by atoms with Gasteiger partial charge in [0, 0.05) is 29.9 Å². The summed E-state index contributed by atoms with van der Waals surface area (Å²) in [5.74, 6) is 0.723. The number of aromatic nitrogens is 2. The van der Waals surface area contributed by atoms with E-state index in [2.05, 4.69) is 32.5 Å². The Morgan fingerprint density at radius 3 is 2.06 bits per heavy atom.